The van der Waals surface area contributed by atoms with Crippen LogP contribution in [0, 0.1) is 0 Å². The maximum Gasteiger partial charge on any atom is 0.410 e. The van der Waals surface area contributed by atoms with E-state index >= 15 is 0 Å². The van der Waals surface area contributed by atoms with Crippen LogP contribution in [0.5, 0.6) is 0 Å². The third kappa shape index (κ3) is 5.15. The van der Waals surface area contributed by atoms with Crippen LogP contribution < -0.4 is 5.32 Å². The van der Waals surface area contributed by atoms with Crippen LogP contribution in [-0.2, 0) is 25.7 Å². The van der Waals surface area contributed by atoms with Gasteiger partial charge < -0.3 is 24.8 Å². The first-order valence-electron chi connectivity index (χ1n) is 11.6. The van der Waals surface area contributed by atoms with Crippen LogP contribution in [0.3, 0.4) is 0 Å². The van der Waals surface area contributed by atoms with Gasteiger partial charge in [-0.2, -0.15) is 0 Å². The molecule has 200 valence electrons. The lowest BCUT2D eigenvalue weighted by molar-refractivity contribution is -0.145. The summed E-state index contributed by atoms with van der Waals surface area (Å²) in [4.78, 5) is 52.6. The first-order valence-corrected chi connectivity index (χ1v) is 11.6. The Kier molecular flexibility index (Phi) is 7.07. The maximum absolute atomic E-state index is 14.6. The zero-order valence-electron chi connectivity index (χ0n) is 20.5. The van der Waals surface area contributed by atoms with Crippen molar-refractivity contribution in [3.63, 3.8) is 0 Å². The van der Waals surface area contributed by atoms with Gasteiger partial charge in [0.05, 0.1) is 18.2 Å². The molecule has 38 heavy (non-hydrogen) atoms. The molecule has 2 aliphatic heterocycles. The lowest BCUT2D eigenvalue weighted by Gasteiger charge is -2.48. The summed E-state index contributed by atoms with van der Waals surface area (Å²) in [5, 5.41) is 12.4. The summed E-state index contributed by atoms with van der Waals surface area (Å²) >= 11 is 0. The van der Waals surface area contributed by atoms with Gasteiger partial charge in [0.25, 0.3) is 11.8 Å². The van der Waals surface area contributed by atoms with Crippen LogP contribution in [0.2, 0.25) is 0 Å². The molecule has 0 spiro atoms. The van der Waals surface area contributed by atoms with Gasteiger partial charge >= 0.3 is 18.0 Å². The highest BCUT2D eigenvalue weighted by molar-refractivity contribution is 6.05. The van der Waals surface area contributed by atoms with Crippen LogP contribution in [0.1, 0.15) is 29.3 Å². The number of hydrogen-bond acceptors (Lipinski definition) is 7. The van der Waals surface area contributed by atoms with Crippen molar-refractivity contribution < 1.29 is 42.5 Å². The summed E-state index contributed by atoms with van der Waals surface area (Å²) in [7, 11) is 1.23. The predicted octanol–water partition coefficient (Wildman–Crippen LogP) is 2.96. The molecule has 2 aliphatic rings. The molecule has 0 aromatic heterocycles. The summed E-state index contributed by atoms with van der Waals surface area (Å²) in [6.07, 6.45) is -1.93. The Morgan fingerprint density at radius 2 is 1.68 bits per heavy atom. The van der Waals surface area contributed by atoms with Gasteiger partial charge in [0.1, 0.15) is 12.3 Å². The Morgan fingerprint density at radius 3 is 2.29 bits per heavy atom. The summed E-state index contributed by atoms with van der Waals surface area (Å²) in [6, 6.07) is 14.8. The number of likely N-dealkylation sites (tertiary alicyclic amines) is 1. The first-order chi connectivity index (χ1) is 17.9. The molecule has 2 aromatic carbocycles. The number of halogens is 2. The molecule has 0 radical (unpaired) electrons. The topological polar surface area (TPSA) is 125 Å². The van der Waals surface area contributed by atoms with Crippen molar-refractivity contribution in [3.05, 3.63) is 83.2 Å². The standard InChI is InChI=1S/C26H25F2N3O7/c1-25(18-13-26(27,28)15-31(18)24(36)37-14-16-9-5-3-6-10-16)29-19(22(33)34)20(21(32)30(25)2)38-23(35)17-11-7-4-8-12-17/h3-12,18,29H,13-15H2,1-2H3,(H,33,34)/t18-,25?/m0/s1. The lowest BCUT2D eigenvalue weighted by Crippen LogP contribution is -2.70. The van der Waals surface area contributed by atoms with Crippen molar-refractivity contribution in [3.8, 4) is 0 Å². The Morgan fingerprint density at radius 1 is 1.08 bits per heavy atom. The molecule has 12 heteroatoms. The number of hydrogen-bond donors (Lipinski definition) is 2. The number of carbonyl (C=O) groups excluding carboxylic acids is 3. The van der Waals surface area contributed by atoms with Gasteiger partial charge in [-0.05, 0) is 24.6 Å². The van der Waals surface area contributed by atoms with E-state index < -0.39 is 66.0 Å². The van der Waals surface area contributed by atoms with Crippen LogP contribution in [0.15, 0.2) is 72.1 Å². The molecule has 0 aliphatic carbocycles. The average molecular weight is 529 g/mol. The molecular formula is C26H25F2N3O7. The fourth-order valence-electron chi connectivity index (χ4n) is 4.46. The largest absolute Gasteiger partial charge is 0.476 e. The van der Waals surface area contributed by atoms with Gasteiger partial charge in [-0.3, -0.25) is 9.69 Å². The molecule has 2 amide bonds. The Balaban J connectivity index is 1.63. The third-order valence-corrected chi connectivity index (χ3v) is 6.58. The first kappa shape index (κ1) is 26.6. The van der Waals surface area contributed by atoms with E-state index in [2.05, 4.69) is 5.32 Å². The highest BCUT2D eigenvalue weighted by Gasteiger charge is 2.59. The zero-order valence-corrected chi connectivity index (χ0v) is 20.5. The minimum atomic E-state index is -3.34. The monoisotopic (exact) mass is 529 g/mol. The van der Waals surface area contributed by atoms with Crippen LogP contribution >= 0.6 is 0 Å². The summed E-state index contributed by atoms with van der Waals surface area (Å²) in [5.41, 5.74) is -1.92. The zero-order chi connectivity index (χ0) is 27.7. The lowest BCUT2D eigenvalue weighted by atomic mass is 9.94. The molecule has 4 rings (SSSR count). The molecule has 0 bridgehead atoms. The van der Waals surface area contributed by atoms with Crippen molar-refractivity contribution in [2.75, 3.05) is 13.6 Å². The molecule has 2 heterocycles. The number of rotatable bonds is 6. The minimum absolute atomic E-state index is 0.0660. The molecule has 1 fully saturated rings. The van der Waals surface area contributed by atoms with Crippen molar-refractivity contribution in [1.82, 2.24) is 15.1 Å². The number of benzene rings is 2. The third-order valence-electron chi connectivity index (χ3n) is 6.58. The highest BCUT2D eigenvalue weighted by atomic mass is 19.3. The van der Waals surface area contributed by atoms with E-state index in [0.29, 0.717) is 5.56 Å². The number of ether oxygens (including phenoxy) is 2. The summed E-state index contributed by atoms with van der Waals surface area (Å²) < 4.78 is 39.7. The Labute approximate surface area is 216 Å². The SMILES string of the molecule is CN1C(=O)C(OC(=O)c2ccccc2)=C(C(=O)O)NC1(C)[C@@H]1CC(F)(F)CN1C(=O)OCc1ccccc1. The fourth-order valence-corrected chi connectivity index (χ4v) is 4.46. The van der Waals surface area contributed by atoms with E-state index in [9.17, 15) is 33.1 Å². The van der Waals surface area contributed by atoms with Crippen molar-refractivity contribution >= 4 is 23.9 Å². The predicted molar refractivity (Wildman–Crippen MR) is 128 cm³/mol. The normalized spacial score (nSPS) is 22.6. The van der Waals surface area contributed by atoms with Crippen LogP contribution in [0.25, 0.3) is 0 Å². The van der Waals surface area contributed by atoms with Crippen LogP contribution in [0.4, 0.5) is 13.6 Å². The maximum atomic E-state index is 14.6. The van der Waals surface area contributed by atoms with E-state index in [1.54, 1.807) is 48.5 Å². The molecule has 0 saturated carbocycles. The van der Waals surface area contributed by atoms with Crippen molar-refractivity contribution in [2.24, 2.45) is 0 Å². The molecule has 1 saturated heterocycles. The van der Waals surface area contributed by atoms with E-state index in [1.165, 1.54) is 26.1 Å². The highest BCUT2D eigenvalue weighted by Crippen LogP contribution is 2.40. The second kappa shape index (κ2) is 10.1. The van der Waals surface area contributed by atoms with E-state index in [4.69, 9.17) is 9.47 Å². The number of amides is 2. The number of carbonyl (C=O) groups is 4. The van der Waals surface area contributed by atoms with Gasteiger partial charge in [-0.15, -0.1) is 0 Å². The van der Waals surface area contributed by atoms with E-state index in [0.717, 1.165) is 9.80 Å². The number of esters is 1. The molecule has 2 aromatic rings. The summed E-state index contributed by atoms with van der Waals surface area (Å²) in [6.45, 7) is 0.146. The number of nitrogens with one attached hydrogen (secondary N) is 1. The smallest absolute Gasteiger partial charge is 0.410 e. The fraction of sp³-hybridized carbons (Fsp3) is 0.308. The molecule has 2 atom stereocenters. The quantitative estimate of drug-likeness (QED) is 0.548. The van der Waals surface area contributed by atoms with Gasteiger partial charge in [0.2, 0.25) is 5.76 Å². The average Bonchev–Trinajstić information content (AvgIpc) is 3.24. The molecule has 10 nitrogen and oxygen atoms in total. The minimum Gasteiger partial charge on any atom is -0.476 e. The number of alkyl halides is 2. The van der Waals surface area contributed by atoms with Crippen molar-refractivity contribution in [2.45, 2.75) is 37.6 Å². The number of likely N-dealkylation sites (N-methyl/N-ethyl adjacent to an activating group) is 1. The molecule has 1 unspecified atom stereocenters. The molecular weight excluding hydrogens is 504 g/mol. The van der Waals surface area contributed by atoms with Gasteiger partial charge in [-0.25, -0.2) is 23.2 Å². The molecule has 2 N–H and O–H groups in total. The Bertz CT molecular complexity index is 1290. The van der Waals surface area contributed by atoms with Gasteiger partial charge in [0.15, 0.2) is 5.70 Å². The van der Waals surface area contributed by atoms with Crippen molar-refractivity contribution in [1.29, 1.82) is 0 Å². The number of carboxylic acid groups (broad SMARTS) is 1. The number of aliphatic carboxylic acids is 1. The summed E-state index contributed by atoms with van der Waals surface area (Å²) in [5.74, 6) is -7.82. The second-order valence-electron chi connectivity index (χ2n) is 9.15. The Hall–Kier alpha value is -4.48. The second-order valence-corrected chi connectivity index (χ2v) is 9.15. The van der Waals surface area contributed by atoms with Crippen LogP contribution in [-0.4, -0.2) is 70.1 Å². The van der Waals surface area contributed by atoms with Gasteiger partial charge in [-0.1, -0.05) is 48.5 Å². The number of nitrogens with zero attached hydrogens (tertiary/aromatic N) is 2. The van der Waals surface area contributed by atoms with E-state index in [1.807, 2.05) is 0 Å². The van der Waals surface area contributed by atoms with Gasteiger partial charge in [0, 0.05) is 13.5 Å². The number of carboxylic acids is 1. The van der Waals surface area contributed by atoms with E-state index in [-0.39, 0.29) is 12.2 Å².